The summed E-state index contributed by atoms with van der Waals surface area (Å²) in [5.41, 5.74) is 11.1. The molecule has 2 aromatic rings. The van der Waals surface area contributed by atoms with Crippen LogP contribution in [0.5, 0.6) is 5.75 Å². The molecule has 6 atom stereocenters. The highest BCUT2D eigenvalue weighted by Crippen LogP contribution is 2.48. The van der Waals surface area contributed by atoms with Crippen molar-refractivity contribution in [2.24, 2.45) is 5.11 Å². The molecular weight excluding hydrogens is 528 g/mol. The fraction of sp³-hybridized carbons (Fsp3) is 0.476. The number of carbonyl (C=O) groups is 1. The quantitative estimate of drug-likeness (QED) is 0.120. The van der Waals surface area contributed by atoms with E-state index in [-0.39, 0.29) is 11.6 Å². The number of hydrogen-bond acceptors (Lipinski definition) is 11. The molecule has 1 aliphatic heterocycles. The number of aliphatic hydroxyl groups excluding tert-OH is 1. The molecule has 206 valence electrons. The van der Waals surface area contributed by atoms with Gasteiger partial charge in [0.25, 0.3) is 0 Å². The minimum absolute atomic E-state index is 0.0687. The van der Waals surface area contributed by atoms with Gasteiger partial charge < -0.3 is 24.8 Å². The number of nitrogen functional groups attached to an aromatic ring is 1. The average Bonchev–Trinajstić information content (AvgIpc) is 3.09. The van der Waals surface area contributed by atoms with Gasteiger partial charge in [0.05, 0.1) is 12.7 Å². The average molecular weight is 555 g/mol. The van der Waals surface area contributed by atoms with E-state index >= 15 is 4.39 Å². The lowest BCUT2D eigenvalue weighted by molar-refractivity contribution is -0.149. The second-order valence-electron chi connectivity index (χ2n) is 8.49. The predicted octanol–water partition coefficient (Wildman–Crippen LogP) is 2.19. The molecule has 3 rings (SSSR count). The van der Waals surface area contributed by atoms with Crippen LogP contribution in [0.2, 0.25) is 0 Å². The van der Waals surface area contributed by atoms with Crippen LogP contribution in [0, 0.1) is 0 Å². The Morgan fingerprint density at radius 3 is 2.68 bits per heavy atom. The van der Waals surface area contributed by atoms with Gasteiger partial charge in [-0.1, -0.05) is 23.3 Å². The van der Waals surface area contributed by atoms with Gasteiger partial charge in [-0.25, -0.2) is 13.8 Å². The summed E-state index contributed by atoms with van der Waals surface area (Å²) in [5, 5.41) is 16.4. The zero-order chi connectivity index (χ0) is 28.1. The number of para-hydroxylation sites is 1. The van der Waals surface area contributed by atoms with Gasteiger partial charge in [0.1, 0.15) is 23.7 Å². The van der Waals surface area contributed by atoms with Crippen molar-refractivity contribution in [2.75, 3.05) is 12.3 Å². The number of hydrogen-bond donors (Lipinski definition) is 3. The Morgan fingerprint density at radius 1 is 1.39 bits per heavy atom. The minimum Gasteiger partial charge on any atom is -0.462 e. The van der Waals surface area contributed by atoms with Gasteiger partial charge in [0.2, 0.25) is 5.72 Å². The molecule has 0 unspecified atom stereocenters. The summed E-state index contributed by atoms with van der Waals surface area (Å²) in [5.74, 6) is -0.847. The van der Waals surface area contributed by atoms with Crippen LogP contribution in [-0.4, -0.2) is 57.4 Å². The van der Waals surface area contributed by atoms with E-state index < -0.39 is 62.4 Å². The highest BCUT2D eigenvalue weighted by molar-refractivity contribution is 7.52. The summed E-state index contributed by atoms with van der Waals surface area (Å²) in [4.78, 5) is 30.6. The van der Waals surface area contributed by atoms with Crippen LogP contribution in [0.3, 0.4) is 0 Å². The first-order valence-corrected chi connectivity index (χ1v) is 12.8. The van der Waals surface area contributed by atoms with Crippen LogP contribution < -0.4 is 21.0 Å². The third-order valence-electron chi connectivity index (χ3n) is 5.17. The van der Waals surface area contributed by atoms with Crippen molar-refractivity contribution >= 4 is 19.5 Å². The number of anilines is 1. The standard InChI is InChI=1S/C21H27FN7O8P/c1-12(2)35-19(31)13(3)26-38(33,37-14-7-5-4-6-8-14)34-11-21(27-28-24)17(30)16(22)18(36-21)29-10-9-15(23)25-20(29)32/h4-10,12-13,16-18,30H,11H2,1-3H3,(H,26,33)(H2,23,25,32)/t13-,16-,17-,18+,21+,38+/m0/s1. The number of azide groups is 1. The molecule has 1 saturated heterocycles. The molecule has 0 spiro atoms. The van der Waals surface area contributed by atoms with Gasteiger partial charge in [0, 0.05) is 11.1 Å². The number of esters is 1. The van der Waals surface area contributed by atoms with Crippen LogP contribution in [-0.2, 0) is 23.4 Å². The maximum absolute atomic E-state index is 15.2. The summed E-state index contributed by atoms with van der Waals surface area (Å²) in [6.07, 6.45) is -5.69. The molecule has 1 aromatic heterocycles. The normalized spacial score (nSPS) is 25.3. The van der Waals surface area contributed by atoms with Crippen molar-refractivity contribution in [3.63, 3.8) is 0 Å². The number of carbonyl (C=O) groups excluding carboxylic acids is 1. The lowest BCUT2D eigenvalue weighted by Crippen LogP contribution is -2.45. The lowest BCUT2D eigenvalue weighted by atomic mass is 10.1. The van der Waals surface area contributed by atoms with E-state index in [0.29, 0.717) is 4.57 Å². The van der Waals surface area contributed by atoms with E-state index in [1.807, 2.05) is 0 Å². The Kier molecular flexibility index (Phi) is 9.09. The lowest BCUT2D eigenvalue weighted by Gasteiger charge is -2.29. The Balaban J connectivity index is 1.90. The van der Waals surface area contributed by atoms with Crippen molar-refractivity contribution in [1.29, 1.82) is 0 Å². The molecule has 0 radical (unpaired) electrons. The van der Waals surface area contributed by atoms with E-state index in [4.69, 9.17) is 29.8 Å². The van der Waals surface area contributed by atoms with E-state index in [2.05, 4.69) is 20.1 Å². The largest absolute Gasteiger partial charge is 0.462 e. The molecule has 0 bridgehead atoms. The number of benzene rings is 1. The number of aromatic nitrogens is 2. The molecule has 15 nitrogen and oxygen atoms in total. The minimum atomic E-state index is -4.51. The van der Waals surface area contributed by atoms with E-state index in [0.717, 1.165) is 6.20 Å². The third-order valence-corrected chi connectivity index (χ3v) is 6.79. The zero-order valence-electron chi connectivity index (χ0n) is 20.6. The first-order valence-electron chi connectivity index (χ1n) is 11.3. The highest BCUT2D eigenvalue weighted by Gasteiger charge is 2.57. The first kappa shape index (κ1) is 29.0. The predicted molar refractivity (Wildman–Crippen MR) is 130 cm³/mol. The molecule has 1 fully saturated rings. The van der Waals surface area contributed by atoms with Gasteiger partial charge in [0.15, 0.2) is 12.4 Å². The van der Waals surface area contributed by atoms with Crippen LogP contribution in [0.1, 0.15) is 27.0 Å². The van der Waals surface area contributed by atoms with E-state index in [1.165, 1.54) is 25.1 Å². The summed E-state index contributed by atoms with van der Waals surface area (Å²) < 4.78 is 51.1. The molecule has 1 aliphatic rings. The Morgan fingerprint density at radius 2 is 2.08 bits per heavy atom. The van der Waals surface area contributed by atoms with Crippen molar-refractivity contribution in [3.05, 3.63) is 63.5 Å². The van der Waals surface area contributed by atoms with Crippen LogP contribution in [0.4, 0.5) is 10.2 Å². The van der Waals surface area contributed by atoms with Crippen LogP contribution >= 0.6 is 7.75 Å². The van der Waals surface area contributed by atoms with Crippen molar-refractivity contribution in [3.8, 4) is 5.75 Å². The molecule has 38 heavy (non-hydrogen) atoms. The molecule has 1 aromatic carbocycles. The van der Waals surface area contributed by atoms with E-state index in [9.17, 15) is 19.3 Å². The second kappa shape index (κ2) is 11.9. The maximum Gasteiger partial charge on any atom is 0.459 e. The summed E-state index contributed by atoms with van der Waals surface area (Å²) in [6, 6.07) is 7.72. The fourth-order valence-corrected chi connectivity index (χ4v) is 4.91. The van der Waals surface area contributed by atoms with E-state index in [1.54, 1.807) is 32.0 Å². The number of alkyl halides is 1. The topological polar surface area (TPSA) is 213 Å². The molecule has 17 heteroatoms. The monoisotopic (exact) mass is 555 g/mol. The number of ether oxygens (including phenoxy) is 2. The molecule has 2 heterocycles. The number of halogens is 1. The van der Waals surface area contributed by atoms with Crippen molar-refractivity contribution in [2.45, 2.75) is 57.1 Å². The molecule has 4 N–H and O–H groups in total. The summed E-state index contributed by atoms with van der Waals surface area (Å²) >= 11 is 0. The van der Waals surface area contributed by atoms with Gasteiger partial charge in [-0.2, -0.15) is 10.1 Å². The molecule has 0 amide bonds. The second-order valence-corrected chi connectivity index (χ2v) is 10.2. The molecule has 0 saturated carbocycles. The fourth-order valence-electron chi connectivity index (χ4n) is 3.40. The maximum atomic E-state index is 15.2. The van der Waals surface area contributed by atoms with Crippen molar-refractivity contribution < 1.29 is 37.4 Å². The van der Waals surface area contributed by atoms with Gasteiger partial charge in [-0.3, -0.25) is 13.9 Å². The van der Waals surface area contributed by atoms with Crippen LogP contribution in [0.25, 0.3) is 10.4 Å². The highest BCUT2D eigenvalue weighted by atomic mass is 31.2. The first-order chi connectivity index (χ1) is 17.9. The Bertz CT molecular complexity index is 1290. The van der Waals surface area contributed by atoms with Gasteiger partial charge in [-0.15, -0.1) is 0 Å². The summed E-state index contributed by atoms with van der Waals surface area (Å²) in [7, 11) is -4.51. The number of nitrogens with two attached hydrogens (primary N) is 1. The Labute approximate surface area is 215 Å². The molecule has 0 aliphatic carbocycles. The number of nitrogens with one attached hydrogen (secondary N) is 1. The smallest absolute Gasteiger partial charge is 0.459 e. The number of nitrogens with zero attached hydrogens (tertiary/aromatic N) is 5. The SMILES string of the molecule is CC(C)OC(=O)[C@H](C)N[P@@](=O)(OC[C@@]1(N=[N+]=[N-])O[C@@H](n2ccc(N)nc2=O)[C@@H](F)[C@@H]1O)Oc1ccccc1. The molecular formula is C21H27FN7O8P. The number of aliphatic hydroxyl groups is 1. The zero-order valence-corrected chi connectivity index (χ0v) is 21.5. The number of rotatable bonds is 11. The third kappa shape index (κ3) is 6.67. The van der Waals surface area contributed by atoms with Gasteiger partial charge in [-0.05, 0) is 44.5 Å². The Hall–Kier alpha value is -3.52. The van der Waals surface area contributed by atoms with Crippen molar-refractivity contribution in [1.82, 2.24) is 14.6 Å². The van der Waals surface area contributed by atoms with Gasteiger partial charge >= 0.3 is 19.4 Å². The van der Waals surface area contributed by atoms with Crippen LogP contribution in [0.15, 0.2) is 52.5 Å². The summed E-state index contributed by atoms with van der Waals surface area (Å²) in [6.45, 7) is 3.56.